The van der Waals surface area contributed by atoms with E-state index in [1.54, 1.807) is 21.2 Å². The Balaban J connectivity index is 1.35. The number of fused-ring (bicyclic) bond motifs is 1. The lowest BCUT2D eigenvalue weighted by Crippen LogP contribution is -2.45. The molecule has 1 amide bonds. The Hall–Kier alpha value is -3.04. The Morgan fingerprint density at radius 1 is 1.27 bits per heavy atom. The third kappa shape index (κ3) is 3.10. The first kappa shape index (κ1) is 19.0. The molecule has 0 radical (unpaired) electrons. The molecule has 2 aliphatic heterocycles. The van der Waals surface area contributed by atoms with Crippen LogP contribution in [0.3, 0.4) is 0 Å². The zero-order valence-corrected chi connectivity index (χ0v) is 16.9. The molecule has 0 spiro atoms. The largest absolute Gasteiger partial charge is 0.481 e. The molecule has 5 rings (SSSR count). The number of aliphatic carboxylic acids is 1. The van der Waals surface area contributed by atoms with Crippen molar-refractivity contribution >= 4 is 23.2 Å². The van der Waals surface area contributed by atoms with Crippen LogP contribution in [-0.2, 0) is 9.53 Å². The van der Waals surface area contributed by atoms with Crippen LogP contribution in [0.1, 0.15) is 16.9 Å². The minimum absolute atomic E-state index is 0.185. The van der Waals surface area contributed by atoms with E-state index in [-0.39, 0.29) is 18.4 Å². The number of likely N-dealkylation sites (tertiary alicyclic amines) is 1. The first-order valence-electron chi connectivity index (χ1n) is 9.73. The number of hydrogen-bond acceptors (Lipinski definition) is 6. The second kappa shape index (κ2) is 7.33. The molecule has 2 aliphatic rings. The van der Waals surface area contributed by atoms with E-state index in [1.165, 1.54) is 11.3 Å². The van der Waals surface area contributed by atoms with Crippen molar-refractivity contribution in [3.05, 3.63) is 53.8 Å². The van der Waals surface area contributed by atoms with Gasteiger partial charge in [-0.25, -0.2) is 9.67 Å². The minimum atomic E-state index is -0.913. The molecule has 4 heterocycles. The fraction of sp³-hybridized carbons (Fsp3) is 0.333. The van der Waals surface area contributed by atoms with Crippen molar-refractivity contribution in [3.63, 3.8) is 0 Å². The molecule has 0 unspecified atom stereocenters. The normalized spacial score (nSPS) is 23.3. The maximum Gasteiger partial charge on any atom is 0.311 e. The number of carboxylic acids is 1. The number of carboxylic acid groups (broad SMARTS) is 1. The number of benzene rings is 1. The highest BCUT2D eigenvalue weighted by Crippen LogP contribution is 2.43. The van der Waals surface area contributed by atoms with Crippen LogP contribution in [0.2, 0.25) is 0 Å². The van der Waals surface area contributed by atoms with Crippen LogP contribution in [0, 0.1) is 11.3 Å². The molecule has 2 aromatic heterocycles. The zero-order chi connectivity index (χ0) is 20.7. The molecule has 0 saturated carbocycles. The Morgan fingerprint density at radius 3 is 2.87 bits per heavy atom. The average molecular weight is 424 g/mol. The van der Waals surface area contributed by atoms with Gasteiger partial charge in [0.25, 0.3) is 5.91 Å². The quantitative estimate of drug-likeness (QED) is 0.691. The Kier molecular flexibility index (Phi) is 4.63. The number of carbonyl (C=O) groups excluding carboxylic acids is 1. The van der Waals surface area contributed by atoms with Gasteiger partial charge in [-0.1, -0.05) is 18.2 Å². The number of ether oxygens (including phenoxy) is 1. The first-order valence-corrected chi connectivity index (χ1v) is 10.6. The lowest BCUT2D eigenvalue weighted by molar-refractivity contribution is -0.157. The third-order valence-corrected chi connectivity index (χ3v) is 6.88. The summed E-state index contributed by atoms with van der Waals surface area (Å²) < 4.78 is 7.23. The number of thiazole rings is 1. The van der Waals surface area contributed by atoms with E-state index in [0.717, 1.165) is 11.3 Å². The lowest BCUT2D eigenvalue weighted by Gasteiger charge is -2.33. The van der Waals surface area contributed by atoms with Gasteiger partial charge in [0.1, 0.15) is 10.7 Å². The predicted octanol–water partition coefficient (Wildman–Crippen LogP) is 2.56. The minimum Gasteiger partial charge on any atom is -0.481 e. The van der Waals surface area contributed by atoms with E-state index in [9.17, 15) is 14.7 Å². The number of carbonyl (C=O) groups is 2. The van der Waals surface area contributed by atoms with Crippen molar-refractivity contribution < 1.29 is 19.4 Å². The highest BCUT2D eigenvalue weighted by Gasteiger charge is 2.55. The second-order valence-electron chi connectivity index (χ2n) is 7.72. The summed E-state index contributed by atoms with van der Waals surface area (Å²) in [5, 5.41) is 16.6. The Morgan fingerprint density at radius 2 is 2.10 bits per heavy atom. The van der Waals surface area contributed by atoms with Crippen LogP contribution < -0.4 is 0 Å². The summed E-state index contributed by atoms with van der Waals surface area (Å²) in [4.78, 5) is 31.1. The van der Waals surface area contributed by atoms with Crippen molar-refractivity contribution in [1.82, 2.24) is 19.7 Å². The smallest absolute Gasteiger partial charge is 0.311 e. The molecule has 1 aromatic carbocycles. The third-order valence-electron chi connectivity index (χ3n) is 5.99. The van der Waals surface area contributed by atoms with E-state index in [4.69, 9.17) is 4.74 Å². The van der Waals surface area contributed by atoms with Gasteiger partial charge in [-0.15, -0.1) is 11.3 Å². The molecule has 154 valence electrons. The van der Waals surface area contributed by atoms with Gasteiger partial charge in [0.05, 0.1) is 23.9 Å². The molecular weight excluding hydrogens is 404 g/mol. The summed E-state index contributed by atoms with van der Waals surface area (Å²) in [7, 11) is 0. The van der Waals surface area contributed by atoms with Crippen LogP contribution >= 0.6 is 11.3 Å². The second-order valence-corrected chi connectivity index (χ2v) is 8.57. The summed E-state index contributed by atoms with van der Waals surface area (Å²) in [6.45, 7) is 1.37. The molecule has 0 aliphatic carbocycles. The van der Waals surface area contributed by atoms with E-state index in [2.05, 4.69) is 10.1 Å². The zero-order valence-electron chi connectivity index (χ0n) is 16.1. The SMILES string of the molecule is O=C(c1csc(-c2cnn(-c3ccccc3)c2)n1)N1C[C@H]2COCC[C@@]2(C(=O)O)C1. The van der Waals surface area contributed by atoms with Gasteiger partial charge in [0, 0.05) is 42.8 Å². The van der Waals surface area contributed by atoms with Gasteiger partial charge < -0.3 is 14.7 Å². The van der Waals surface area contributed by atoms with E-state index in [0.29, 0.717) is 36.9 Å². The molecular formula is C21H20N4O4S. The van der Waals surface area contributed by atoms with Gasteiger partial charge in [0.15, 0.2) is 0 Å². The molecule has 2 fully saturated rings. The van der Waals surface area contributed by atoms with Crippen LogP contribution in [0.25, 0.3) is 16.3 Å². The van der Waals surface area contributed by atoms with Crippen molar-refractivity contribution in [2.24, 2.45) is 11.3 Å². The molecule has 9 heteroatoms. The number of para-hydroxylation sites is 1. The van der Waals surface area contributed by atoms with Crippen LogP contribution in [0.5, 0.6) is 0 Å². The first-order chi connectivity index (χ1) is 14.6. The fourth-order valence-electron chi connectivity index (χ4n) is 4.28. The average Bonchev–Trinajstić information content (AvgIpc) is 3.51. The molecule has 2 atom stereocenters. The van der Waals surface area contributed by atoms with Gasteiger partial charge in [-0.2, -0.15) is 5.10 Å². The van der Waals surface area contributed by atoms with Gasteiger partial charge in [0.2, 0.25) is 0 Å². The molecule has 1 N–H and O–H groups in total. The molecule has 3 aromatic rings. The maximum absolute atomic E-state index is 13.0. The van der Waals surface area contributed by atoms with E-state index in [1.807, 2.05) is 36.5 Å². The van der Waals surface area contributed by atoms with E-state index < -0.39 is 11.4 Å². The summed E-state index contributed by atoms with van der Waals surface area (Å²) in [5.41, 5.74) is 1.19. The molecule has 30 heavy (non-hydrogen) atoms. The Bertz CT molecular complexity index is 1100. The fourth-order valence-corrected chi connectivity index (χ4v) is 5.05. The van der Waals surface area contributed by atoms with Gasteiger partial charge in [-0.05, 0) is 18.6 Å². The summed E-state index contributed by atoms with van der Waals surface area (Å²) in [5.74, 6) is -1.27. The standard InChI is InChI=1S/C21H20N4O4S/c26-19(24-10-15-11-29-7-6-21(15,13-24)20(27)28)17-12-30-18(23-17)14-8-22-25(9-14)16-4-2-1-3-5-16/h1-5,8-9,12,15H,6-7,10-11,13H2,(H,27,28)/t15-,21+/m0/s1. The van der Waals surface area contributed by atoms with Crippen molar-refractivity contribution in [2.75, 3.05) is 26.3 Å². The summed E-state index contributed by atoms with van der Waals surface area (Å²) in [6, 6.07) is 9.76. The number of amides is 1. The van der Waals surface area contributed by atoms with Crippen molar-refractivity contribution in [2.45, 2.75) is 6.42 Å². The maximum atomic E-state index is 13.0. The lowest BCUT2D eigenvalue weighted by atomic mass is 9.74. The summed E-state index contributed by atoms with van der Waals surface area (Å²) in [6.07, 6.45) is 4.03. The predicted molar refractivity (Wildman–Crippen MR) is 110 cm³/mol. The summed E-state index contributed by atoms with van der Waals surface area (Å²) >= 11 is 1.38. The van der Waals surface area contributed by atoms with Gasteiger partial charge >= 0.3 is 5.97 Å². The van der Waals surface area contributed by atoms with E-state index >= 15 is 0 Å². The van der Waals surface area contributed by atoms with Crippen LogP contribution in [-0.4, -0.2) is 63.0 Å². The van der Waals surface area contributed by atoms with Crippen LogP contribution in [0.15, 0.2) is 48.1 Å². The molecule has 8 nitrogen and oxygen atoms in total. The number of hydrogen-bond donors (Lipinski definition) is 1. The highest BCUT2D eigenvalue weighted by molar-refractivity contribution is 7.13. The Labute approximate surface area is 176 Å². The highest BCUT2D eigenvalue weighted by atomic mass is 32.1. The van der Waals surface area contributed by atoms with Gasteiger partial charge in [-0.3, -0.25) is 9.59 Å². The number of nitrogens with zero attached hydrogens (tertiary/aromatic N) is 4. The molecule has 0 bridgehead atoms. The number of aromatic nitrogens is 3. The molecule has 2 saturated heterocycles. The number of rotatable bonds is 4. The monoisotopic (exact) mass is 424 g/mol. The van der Waals surface area contributed by atoms with Crippen molar-refractivity contribution in [3.8, 4) is 16.3 Å². The van der Waals surface area contributed by atoms with Crippen molar-refractivity contribution in [1.29, 1.82) is 0 Å². The van der Waals surface area contributed by atoms with Crippen LogP contribution in [0.4, 0.5) is 0 Å². The topological polar surface area (TPSA) is 97.5 Å².